The lowest BCUT2D eigenvalue weighted by Crippen LogP contribution is -2.10. The fourth-order valence-corrected chi connectivity index (χ4v) is 2.05. The summed E-state index contributed by atoms with van der Waals surface area (Å²) in [5.41, 5.74) is 8.37. The topological polar surface area (TPSA) is 74.6 Å². The number of aryl methyl sites for hydroxylation is 2. The largest absolute Gasteiger partial charge is 0.381 e. The van der Waals surface area contributed by atoms with Gasteiger partial charge < -0.3 is 5.73 Å². The van der Waals surface area contributed by atoms with Gasteiger partial charge in [0, 0.05) is 7.05 Å². The zero-order valence-electron chi connectivity index (χ0n) is 10.1. The minimum atomic E-state index is 0.475. The molecule has 2 N–H and O–H groups in total. The Kier molecular flexibility index (Phi) is 3.06. The van der Waals surface area contributed by atoms with Crippen LogP contribution in [-0.4, -0.2) is 24.8 Å². The molecule has 0 fully saturated rings. The zero-order valence-corrected chi connectivity index (χ0v) is 10.9. The van der Waals surface area contributed by atoms with Crippen molar-refractivity contribution >= 4 is 17.4 Å². The van der Waals surface area contributed by atoms with Gasteiger partial charge in [0.1, 0.15) is 0 Å². The van der Waals surface area contributed by atoms with Gasteiger partial charge in [0.25, 0.3) is 0 Å². The number of rotatable bonds is 3. The van der Waals surface area contributed by atoms with Crippen molar-refractivity contribution in [3.63, 3.8) is 0 Å². The van der Waals surface area contributed by atoms with Gasteiger partial charge in [-0.2, -0.15) is 5.10 Å². The van der Waals surface area contributed by atoms with E-state index in [1.807, 2.05) is 20.9 Å². The third-order valence-electron chi connectivity index (χ3n) is 2.76. The molecule has 2 aromatic heterocycles. The predicted molar refractivity (Wildman–Crippen MR) is 65.9 cm³/mol. The third-order valence-corrected chi connectivity index (χ3v) is 3.26. The summed E-state index contributed by atoms with van der Waals surface area (Å²) in [4.78, 5) is 0. The maximum absolute atomic E-state index is 6.19. The van der Waals surface area contributed by atoms with Crippen molar-refractivity contribution in [1.29, 1.82) is 0 Å². The number of aromatic nitrogens is 5. The van der Waals surface area contributed by atoms with E-state index in [0.29, 0.717) is 17.4 Å². The Balaban J connectivity index is 2.37. The van der Waals surface area contributed by atoms with Crippen molar-refractivity contribution in [3.05, 3.63) is 22.1 Å². The summed E-state index contributed by atoms with van der Waals surface area (Å²) < 4.78 is 3.52. The van der Waals surface area contributed by atoms with Crippen molar-refractivity contribution < 1.29 is 0 Å². The van der Waals surface area contributed by atoms with Gasteiger partial charge in [0.15, 0.2) is 5.82 Å². The second-order valence-electron chi connectivity index (χ2n) is 3.90. The molecule has 2 rings (SSSR count). The van der Waals surface area contributed by atoms with Gasteiger partial charge >= 0.3 is 0 Å². The lowest BCUT2D eigenvalue weighted by atomic mass is 10.3. The highest BCUT2D eigenvalue weighted by atomic mass is 35.5. The molecule has 0 aliphatic carbocycles. The van der Waals surface area contributed by atoms with E-state index in [0.717, 1.165) is 23.5 Å². The molecule has 0 radical (unpaired) electrons. The third kappa shape index (κ3) is 2.00. The van der Waals surface area contributed by atoms with Crippen LogP contribution in [-0.2, 0) is 20.0 Å². The molecule has 92 valence electrons. The van der Waals surface area contributed by atoms with E-state index < -0.39 is 0 Å². The summed E-state index contributed by atoms with van der Waals surface area (Å²) in [7, 11) is 1.86. The summed E-state index contributed by atoms with van der Waals surface area (Å²) in [5.74, 6) is 0.475. The highest BCUT2D eigenvalue weighted by Crippen LogP contribution is 2.21. The Bertz CT molecular complexity index is 541. The van der Waals surface area contributed by atoms with E-state index >= 15 is 0 Å². The molecular weight excluding hydrogens is 240 g/mol. The van der Waals surface area contributed by atoms with Gasteiger partial charge in [0.05, 0.1) is 28.6 Å². The van der Waals surface area contributed by atoms with Crippen LogP contribution in [0.2, 0.25) is 5.02 Å². The van der Waals surface area contributed by atoms with Gasteiger partial charge in [0.2, 0.25) is 0 Å². The Labute approximate surface area is 104 Å². The number of halogens is 1. The zero-order chi connectivity index (χ0) is 12.6. The quantitative estimate of drug-likeness (QED) is 0.892. The first kappa shape index (κ1) is 11.9. The van der Waals surface area contributed by atoms with Crippen molar-refractivity contribution in [3.8, 4) is 0 Å². The molecule has 0 saturated heterocycles. The van der Waals surface area contributed by atoms with Gasteiger partial charge in [-0.3, -0.25) is 4.68 Å². The lowest BCUT2D eigenvalue weighted by molar-refractivity contribution is 0.581. The SMILES string of the molecule is CCc1c(N)nnn1Cc1c(Cl)c(C)nn1C. The van der Waals surface area contributed by atoms with E-state index in [9.17, 15) is 0 Å². The molecule has 2 heterocycles. The Morgan fingerprint density at radius 1 is 1.35 bits per heavy atom. The standard InChI is InChI=1S/C10H15ClN6/c1-4-7-10(12)13-15-17(7)5-8-9(11)6(2)14-16(8)3/h4-5,12H2,1-3H3. The number of hydrogen-bond acceptors (Lipinski definition) is 4. The fraction of sp³-hybridized carbons (Fsp3) is 0.500. The molecule has 17 heavy (non-hydrogen) atoms. The molecule has 0 aromatic carbocycles. The molecule has 2 aromatic rings. The van der Waals surface area contributed by atoms with E-state index in [2.05, 4.69) is 15.4 Å². The van der Waals surface area contributed by atoms with Crippen LogP contribution in [0.3, 0.4) is 0 Å². The van der Waals surface area contributed by atoms with Crippen molar-refractivity contribution in [2.75, 3.05) is 5.73 Å². The molecule has 0 unspecified atom stereocenters. The van der Waals surface area contributed by atoms with Gasteiger partial charge in [-0.1, -0.05) is 23.7 Å². The van der Waals surface area contributed by atoms with E-state index in [4.69, 9.17) is 17.3 Å². The molecule has 0 aliphatic heterocycles. The van der Waals surface area contributed by atoms with Crippen molar-refractivity contribution in [2.45, 2.75) is 26.8 Å². The molecular formula is C10H15ClN6. The highest BCUT2D eigenvalue weighted by molar-refractivity contribution is 6.31. The Morgan fingerprint density at radius 2 is 2.06 bits per heavy atom. The number of nitrogens with zero attached hydrogens (tertiary/aromatic N) is 5. The van der Waals surface area contributed by atoms with E-state index in [1.165, 1.54) is 0 Å². The molecule has 0 spiro atoms. The molecule has 7 heteroatoms. The fourth-order valence-electron chi connectivity index (χ4n) is 1.83. The average Bonchev–Trinajstić information content (AvgIpc) is 2.75. The second-order valence-corrected chi connectivity index (χ2v) is 4.28. The van der Waals surface area contributed by atoms with Crippen LogP contribution in [0.15, 0.2) is 0 Å². The predicted octanol–water partition coefficient (Wildman–Crippen LogP) is 1.17. The van der Waals surface area contributed by atoms with Gasteiger partial charge in [-0.05, 0) is 13.3 Å². The molecule has 0 bridgehead atoms. The second kappa shape index (κ2) is 4.37. The first-order valence-electron chi connectivity index (χ1n) is 5.40. The molecule has 0 atom stereocenters. The van der Waals surface area contributed by atoms with Crippen LogP contribution in [0.5, 0.6) is 0 Å². The van der Waals surface area contributed by atoms with Crippen LogP contribution < -0.4 is 5.73 Å². The van der Waals surface area contributed by atoms with Crippen molar-refractivity contribution in [2.24, 2.45) is 7.05 Å². The average molecular weight is 255 g/mol. The van der Waals surface area contributed by atoms with Crippen molar-refractivity contribution in [1.82, 2.24) is 24.8 Å². The van der Waals surface area contributed by atoms with Crippen LogP contribution in [0.4, 0.5) is 5.82 Å². The van der Waals surface area contributed by atoms with Crippen LogP contribution in [0, 0.1) is 6.92 Å². The molecule has 0 saturated carbocycles. The number of nitrogen functional groups attached to an aromatic ring is 1. The van der Waals surface area contributed by atoms with Gasteiger partial charge in [-0.15, -0.1) is 5.10 Å². The highest BCUT2D eigenvalue weighted by Gasteiger charge is 2.15. The normalized spacial score (nSPS) is 11.1. The first-order chi connectivity index (χ1) is 8.04. The molecule has 6 nitrogen and oxygen atoms in total. The minimum absolute atomic E-state index is 0.475. The van der Waals surface area contributed by atoms with E-state index in [-0.39, 0.29) is 0 Å². The molecule has 0 amide bonds. The summed E-state index contributed by atoms with van der Waals surface area (Å²) in [6.45, 7) is 4.42. The number of anilines is 1. The summed E-state index contributed by atoms with van der Waals surface area (Å²) >= 11 is 6.19. The summed E-state index contributed by atoms with van der Waals surface area (Å²) in [6.07, 6.45) is 0.785. The minimum Gasteiger partial charge on any atom is -0.381 e. The van der Waals surface area contributed by atoms with E-state index in [1.54, 1.807) is 9.36 Å². The summed E-state index contributed by atoms with van der Waals surface area (Å²) in [5, 5.41) is 12.8. The number of nitrogens with two attached hydrogens (primary N) is 1. The van der Waals surface area contributed by atoms with Crippen LogP contribution >= 0.6 is 11.6 Å². The van der Waals surface area contributed by atoms with Gasteiger partial charge in [-0.25, -0.2) is 4.68 Å². The first-order valence-corrected chi connectivity index (χ1v) is 5.78. The Hall–Kier alpha value is -1.56. The van der Waals surface area contributed by atoms with Crippen LogP contribution in [0.25, 0.3) is 0 Å². The van der Waals surface area contributed by atoms with Crippen LogP contribution in [0.1, 0.15) is 24.0 Å². The maximum atomic E-state index is 6.19. The summed E-state index contributed by atoms with van der Waals surface area (Å²) in [6, 6.07) is 0. The number of hydrogen-bond donors (Lipinski definition) is 1. The molecule has 0 aliphatic rings. The Morgan fingerprint density at radius 3 is 2.59 bits per heavy atom. The maximum Gasteiger partial charge on any atom is 0.169 e. The monoisotopic (exact) mass is 254 g/mol. The smallest absolute Gasteiger partial charge is 0.169 e. The lowest BCUT2D eigenvalue weighted by Gasteiger charge is -2.06.